The molecule has 0 bridgehead atoms. The lowest BCUT2D eigenvalue weighted by Gasteiger charge is -2.32. The molecule has 2 aromatic heterocycles. The van der Waals surface area contributed by atoms with Gasteiger partial charge >= 0.3 is 6.18 Å². The van der Waals surface area contributed by atoms with Gasteiger partial charge in [-0.2, -0.15) is 18.4 Å². The summed E-state index contributed by atoms with van der Waals surface area (Å²) in [4.78, 5) is 37.8. The van der Waals surface area contributed by atoms with Crippen LogP contribution in [-0.2, 0) is 6.18 Å². The number of nitrogens with one attached hydrogen (secondary N) is 1. The molecule has 0 spiro atoms. The summed E-state index contributed by atoms with van der Waals surface area (Å²) < 4.78 is 44.6. The standard InChI is InChI=1S/C27H21F3N6O3/c28-27(29,30)22-5-8-32-26(35-22)36-9-6-16(7-10-36)14-33-24(38)18-1-3-19(4-2-18)25-34-21-12-17(13-31)11-20(15-37)23(21)39-25/h1-5,8,11-12,15-16H,6-7,9-10,14H2,(H,33,38). The summed E-state index contributed by atoms with van der Waals surface area (Å²) in [5, 5.41) is 12.1. The Morgan fingerprint density at radius 2 is 1.90 bits per heavy atom. The number of aromatic nitrogens is 3. The molecule has 3 heterocycles. The second-order valence-corrected chi connectivity index (χ2v) is 9.12. The number of hydrogen-bond acceptors (Lipinski definition) is 8. The van der Waals surface area contributed by atoms with E-state index in [4.69, 9.17) is 9.68 Å². The van der Waals surface area contributed by atoms with Crippen LogP contribution in [-0.4, -0.2) is 46.8 Å². The third-order valence-corrected chi connectivity index (χ3v) is 6.55. The number of aldehydes is 1. The van der Waals surface area contributed by atoms with Crippen molar-refractivity contribution in [3.8, 4) is 17.5 Å². The fourth-order valence-corrected chi connectivity index (χ4v) is 4.43. The number of amides is 1. The van der Waals surface area contributed by atoms with Gasteiger partial charge in [0, 0.05) is 37.0 Å². The summed E-state index contributed by atoms with van der Waals surface area (Å²) in [7, 11) is 0. The van der Waals surface area contributed by atoms with Crippen LogP contribution in [0, 0.1) is 17.2 Å². The molecule has 1 aliphatic heterocycles. The van der Waals surface area contributed by atoms with Crippen LogP contribution >= 0.6 is 0 Å². The molecule has 198 valence electrons. The van der Waals surface area contributed by atoms with E-state index in [1.807, 2.05) is 6.07 Å². The highest BCUT2D eigenvalue weighted by atomic mass is 19.4. The first-order valence-electron chi connectivity index (χ1n) is 12.1. The largest absolute Gasteiger partial charge is 0.435 e. The van der Waals surface area contributed by atoms with E-state index in [9.17, 15) is 22.8 Å². The van der Waals surface area contributed by atoms with E-state index in [1.165, 1.54) is 12.1 Å². The zero-order valence-corrected chi connectivity index (χ0v) is 20.4. The Labute approximate surface area is 220 Å². The molecule has 1 N–H and O–H groups in total. The minimum atomic E-state index is -4.52. The Hall–Kier alpha value is -4.79. The number of carbonyl (C=O) groups excluding carboxylic acids is 2. The van der Waals surface area contributed by atoms with Gasteiger partial charge in [-0.25, -0.2) is 15.0 Å². The molecule has 0 aliphatic carbocycles. The molecule has 12 heteroatoms. The molecular weight excluding hydrogens is 513 g/mol. The van der Waals surface area contributed by atoms with Crippen molar-refractivity contribution in [1.29, 1.82) is 5.26 Å². The zero-order valence-electron chi connectivity index (χ0n) is 20.4. The number of nitrogens with zero attached hydrogens (tertiary/aromatic N) is 5. The van der Waals surface area contributed by atoms with Crippen molar-refractivity contribution in [1.82, 2.24) is 20.3 Å². The molecule has 0 unspecified atom stereocenters. The number of rotatable bonds is 6. The van der Waals surface area contributed by atoms with Crippen molar-refractivity contribution in [2.45, 2.75) is 19.0 Å². The van der Waals surface area contributed by atoms with Crippen molar-refractivity contribution in [2.24, 2.45) is 5.92 Å². The van der Waals surface area contributed by atoms with Crippen molar-refractivity contribution >= 4 is 29.2 Å². The predicted molar refractivity (Wildman–Crippen MR) is 134 cm³/mol. The van der Waals surface area contributed by atoms with Crippen molar-refractivity contribution in [2.75, 3.05) is 24.5 Å². The zero-order chi connectivity index (χ0) is 27.6. The number of piperidine rings is 1. The predicted octanol–water partition coefficient (Wildman–Crippen LogP) is 4.63. The van der Waals surface area contributed by atoms with Crippen LogP contribution in [0.4, 0.5) is 19.1 Å². The third-order valence-electron chi connectivity index (χ3n) is 6.55. The molecule has 39 heavy (non-hydrogen) atoms. The highest BCUT2D eigenvalue weighted by Gasteiger charge is 2.33. The van der Waals surface area contributed by atoms with Gasteiger partial charge < -0.3 is 14.6 Å². The molecule has 2 aromatic carbocycles. The monoisotopic (exact) mass is 534 g/mol. The number of fused-ring (bicyclic) bond motifs is 1. The second kappa shape index (κ2) is 10.5. The molecule has 4 aromatic rings. The maximum absolute atomic E-state index is 12.9. The second-order valence-electron chi connectivity index (χ2n) is 9.12. The van der Waals surface area contributed by atoms with Gasteiger partial charge in [0.2, 0.25) is 11.8 Å². The Morgan fingerprint density at radius 3 is 2.56 bits per heavy atom. The number of carbonyl (C=O) groups is 2. The first-order chi connectivity index (χ1) is 18.7. The van der Waals surface area contributed by atoms with E-state index in [0.717, 1.165) is 12.3 Å². The molecule has 1 amide bonds. The number of nitriles is 1. The Bertz CT molecular complexity index is 1570. The fourth-order valence-electron chi connectivity index (χ4n) is 4.43. The van der Waals surface area contributed by atoms with Crippen LogP contribution in [0.15, 0.2) is 53.1 Å². The maximum Gasteiger partial charge on any atom is 0.433 e. The quantitative estimate of drug-likeness (QED) is 0.355. The van der Waals surface area contributed by atoms with Gasteiger partial charge in [0.25, 0.3) is 5.91 Å². The van der Waals surface area contributed by atoms with Gasteiger partial charge in [0.05, 0.1) is 17.2 Å². The lowest BCUT2D eigenvalue weighted by atomic mass is 9.97. The van der Waals surface area contributed by atoms with Gasteiger partial charge in [0.1, 0.15) is 11.2 Å². The summed E-state index contributed by atoms with van der Waals surface area (Å²) in [6.45, 7) is 1.41. The van der Waals surface area contributed by atoms with E-state index in [-0.39, 0.29) is 34.8 Å². The van der Waals surface area contributed by atoms with Crippen LogP contribution < -0.4 is 10.2 Å². The smallest absolute Gasteiger partial charge is 0.433 e. The number of anilines is 1. The minimum absolute atomic E-state index is 0.0548. The van der Waals surface area contributed by atoms with Crippen molar-refractivity contribution in [3.05, 3.63) is 71.0 Å². The van der Waals surface area contributed by atoms with Crippen molar-refractivity contribution in [3.63, 3.8) is 0 Å². The lowest BCUT2D eigenvalue weighted by molar-refractivity contribution is -0.141. The molecule has 5 rings (SSSR count). The molecule has 0 radical (unpaired) electrons. The first-order valence-corrected chi connectivity index (χ1v) is 12.1. The van der Waals surface area contributed by atoms with E-state index >= 15 is 0 Å². The molecule has 0 atom stereocenters. The number of hydrogen-bond donors (Lipinski definition) is 1. The molecular formula is C27H21F3N6O3. The highest BCUT2D eigenvalue weighted by Crippen LogP contribution is 2.30. The van der Waals surface area contributed by atoms with E-state index in [1.54, 1.807) is 29.2 Å². The average Bonchev–Trinajstić information content (AvgIpc) is 3.39. The summed E-state index contributed by atoms with van der Waals surface area (Å²) in [5.41, 5.74) is 1.26. The lowest BCUT2D eigenvalue weighted by Crippen LogP contribution is -2.39. The SMILES string of the molecule is N#Cc1cc(C=O)c2oc(-c3ccc(C(=O)NCC4CCN(c5nccc(C(F)(F)F)n5)CC4)cc3)nc2c1. The van der Waals surface area contributed by atoms with E-state index in [2.05, 4.69) is 20.3 Å². The van der Waals surface area contributed by atoms with E-state index < -0.39 is 11.9 Å². The van der Waals surface area contributed by atoms with Gasteiger partial charge in [-0.05, 0) is 61.2 Å². The normalized spacial score (nSPS) is 14.3. The molecule has 9 nitrogen and oxygen atoms in total. The van der Waals surface area contributed by atoms with Crippen molar-refractivity contribution < 1.29 is 27.2 Å². The average molecular weight is 534 g/mol. The van der Waals surface area contributed by atoms with Crippen LogP contribution in [0.25, 0.3) is 22.6 Å². The molecule has 0 saturated carbocycles. The molecule has 1 saturated heterocycles. The first kappa shape index (κ1) is 25.8. The van der Waals surface area contributed by atoms with Crippen LogP contribution in [0.3, 0.4) is 0 Å². The van der Waals surface area contributed by atoms with Crippen LogP contribution in [0.5, 0.6) is 0 Å². The van der Waals surface area contributed by atoms with Gasteiger partial charge in [0.15, 0.2) is 11.9 Å². The number of halogens is 3. The minimum Gasteiger partial charge on any atom is -0.435 e. The van der Waals surface area contributed by atoms with Gasteiger partial charge in [-0.15, -0.1) is 0 Å². The number of oxazole rings is 1. The number of alkyl halides is 3. The molecule has 1 aliphatic rings. The van der Waals surface area contributed by atoms with Crippen LogP contribution in [0.1, 0.15) is 44.8 Å². The summed E-state index contributed by atoms with van der Waals surface area (Å²) in [6, 6.07) is 12.4. The van der Waals surface area contributed by atoms with E-state index in [0.29, 0.717) is 61.0 Å². The third kappa shape index (κ3) is 5.57. The summed E-state index contributed by atoms with van der Waals surface area (Å²) in [6.07, 6.45) is -1.46. The Balaban J connectivity index is 1.17. The van der Waals surface area contributed by atoms with Gasteiger partial charge in [-0.3, -0.25) is 9.59 Å². The topological polar surface area (TPSA) is 125 Å². The fraction of sp³-hybridized carbons (Fsp3) is 0.259. The van der Waals surface area contributed by atoms with Crippen LogP contribution in [0.2, 0.25) is 0 Å². The maximum atomic E-state index is 12.9. The summed E-state index contributed by atoms with van der Waals surface area (Å²) >= 11 is 0. The Morgan fingerprint density at radius 1 is 1.15 bits per heavy atom. The Kier molecular flexibility index (Phi) is 6.98. The molecule has 1 fully saturated rings. The summed E-state index contributed by atoms with van der Waals surface area (Å²) in [5.74, 6) is 0.218. The highest BCUT2D eigenvalue weighted by molar-refractivity contribution is 5.96. The van der Waals surface area contributed by atoms with Gasteiger partial charge in [-0.1, -0.05) is 0 Å². The number of benzene rings is 2.